The van der Waals surface area contributed by atoms with Crippen molar-refractivity contribution in [2.75, 3.05) is 30.8 Å². The Morgan fingerprint density at radius 2 is 1.51 bits per heavy atom. The highest BCUT2D eigenvalue weighted by Crippen LogP contribution is 2.23. The molecule has 0 aliphatic heterocycles. The van der Waals surface area contributed by atoms with Crippen LogP contribution < -0.4 is 15.4 Å². The van der Waals surface area contributed by atoms with Gasteiger partial charge in [-0.2, -0.15) is 0 Å². The molecule has 0 aliphatic carbocycles. The number of nitrogens with one attached hydrogen (secondary N) is 2. The monoisotopic (exact) mass is 477 g/mol. The van der Waals surface area contributed by atoms with Crippen molar-refractivity contribution in [2.45, 2.75) is 20.8 Å². The van der Waals surface area contributed by atoms with Crippen LogP contribution in [0.5, 0.6) is 5.75 Å². The first-order chi connectivity index (χ1) is 16.7. The summed E-state index contributed by atoms with van der Waals surface area (Å²) in [5.74, 6) is -1.74. The summed E-state index contributed by atoms with van der Waals surface area (Å²) in [7, 11) is 1.51. The van der Waals surface area contributed by atoms with Gasteiger partial charge in [-0.1, -0.05) is 42.0 Å². The summed E-state index contributed by atoms with van der Waals surface area (Å²) in [5, 5.41) is 5.30. The fourth-order valence-corrected chi connectivity index (χ4v) is 3.71. The van der Waals surface area contributed by atoms with Crippen molar-refractivity contribution >= 4 is 29.1 Å². The molecule has 0 unspecified atom stereocenters. The summed E-state index contributed by atoms with van der Waals surface area (Å²) in [6.45, 7) is 5.23. The summed E-state index contributed by atoms with van der Waals surface area (Å²) >= 11 is 0. The molecule has 3 aromatic rings. The van der Waals surface area contributed by atoms with Crippen LogP contribution in [0.4, 0.5) is 15.8 Å². The molecule has 0 saturated heterocycles. The topological polar surface area (TPSA) is 87.7 Å². The van der Waals surface area contributed by atoms with Gasteiger partial charge in [0.1, 0.15) is 11.6 Å². The Morgan fingerprint density at radius 3 is 2.20 bits per heavy atom. The zero-order chi connectivity index (χ0) is 25.5. The van der Waals surface area contributed by atoms with Gasteiger partial charge < -0.3 is 20.3 Å². The van der Waals surface area contributed by atoms with E-state index in [0.717, 1.165) is 22.4 Å². The van der Waals surface area contributed by atoms with Crippen molar-refractivity contribution in [2.24, 2.45) is 0 Å². The number of hydrogen-bond acceptors (Lipinski definition) is 4. The van der Waals surface area contributed by atoms with Crippen LogP contribution >= 0.6 is 0 Å². The third-order valence-corrected chi connectivity index (χ3v) is 5.29. The maximum Gasteiger partial charge on any atom is 0.262 e. The fourth-order valence-electron chi connectivity index (χ4n) is 3.71. The van der Waals surface area contributed by atoms with Crippen molar-refractivity contribution in [3.05, 3.63) is 88.7 Å². The second-order valence-corrected chi connectivity index (χ2v) is 8.30. The lowest BCUT2D eigenvalue weighted by molar-refractivity contribution is -0.118. The van der Waals surface area contributed by atoms with Crippen molar-refractivity contribution in [1.29, 1.82) is 0 Å². The van der Waals surface area contributed by atoms with Crippen LogP contribution in [0.25, 0.3) is 0 Å². The molecule has 182 valence electrons. The molecule has 0 aliphatic rings. The molecule has 0 heterocycles. The second kappa shape index (κ2) is 11.3. The molecule has 7 nitrogen and oxygen atoms in total. The van der Waals surface area contributed by atoms with Gasteiger partial charge in [-0.3, -0.25) is 14.4 Å². The molecule has 3 rings (SSSR count). The van der Waals surface area contributed by atoms with Gasteiger partial charge in [0.05, 0.1) is 17.8 Å². The lowest BCUT2D eigenvalue weighted by atomic mass is 10.1. The molecule has 0 aromatic heterocycles. The minimum Gasteiger partial charge on any atom is -0.483 e. The normalized spacial score (nSPS) is 10.4. The molecular weight excluding hydrogens is 449 g/mol. The van der Waals surface area contributed by atoms with E-state index < -0.39 is 24.2 Å². The predicted molar refractivity (Wildman–Crippen MR) is 133 cm³/mol. The number of para-hydroxylation sites is 2. The number of benzene rings is 3. The smallest absolute Gasteiger partial charge is 0.262 e. The molecule has 0 spiro atoms. The van der Waals surface area contributed by atoms with Crippen molar-refractivity contribution in [3.63, 3.8) is 0 Å². The Bertz CT molecular complexity index is 1240. The number of hydrogen-bond donors (Lipinski definition) is 2. The van der Waals surface area contributed by atoms with E-state index in [1.807, 2.05) is 32.9 Å². The first-order valence-electron chi connectivity index (χ1n) is 11.0. The maximum absolute atomic E-state index is 13.7. The second-order valence-electron chi connectivity index (χ2n) is 8.30. The number of nitrogens with zero attached hydrogens (tertiary/aromatic N) is 1. The van der Waals surface area contributed by atoms with Crippen LogP contribution in [0.15, 0.2) is 60.7 Å². The molecule has 8 heteroatoms. The number of ether oxygens (including phenoxy) is 1. The highest BCUT2D eigenvalue weighted by atomic mass is 19.1. The summed E-state index contributed by atoms with van der Waals surface area (Å²) < 4.78 is 19.3. The van der Waals surface area contributed by atoms with Crippen molar-refractivity contribution in [3.8, 4) is 5.75 Å². The Kier molecular flexibility index (Phi) is 8.20. The summed E-state index contributed by atoms with van der Waals surface area (Å²) in [6.07, 6.45) is 0. The Morgan fingerprint density at radius 1 is 0.886 bits per heavy atom. The van der Waals surface area contributed by atoms with Gasteiger partial charge >= 0.3 is 0 Å². The number of aryl methyl sites for hydroxylation is 3. The number of halogens is 1. The summed E-state index contributed by atoms with van der Waals surface area (Å²) in [4.78, 5) is 39.1. The van der Waals surface area contributed by atoms with E-state index >= 15 is 0 Å². The number of likely N-dealkylation sites (N-methyl/N-ethyl adjacent to an activating group) is 1. The minimum absolute atomic E-state index is 0.0373. The van der Waals surface area contributed by atoms with E-state index in [1.54, 1.807) is 30.3 Å². The highest BCUT2D eigenvalue weighted by molar-refractivity contribution is 6.01. The van der Waals surface area contributed by atoms with Crippen LogP contribution in [0.2, 0.25) is 0 Å². The highest BCUT2D eigenvalue weighted by Gasteiger charge is 2.20. The summed E-state index contributed by atoms with van der Waals surface area (Å²) in [6, 6.07) is 16.2. The third-order valence-electron chi connectivity index (χ3n) is 5.29. The molecule has 0 saturated carbocycles. The van der Waals surface area contributed by atoms with Gasteiger partial charge in [0.2, 0.25) is 5.91 Å². The third kappa shape index (κ3) is 6.66. The number of rotatable bonds is 8. The average Bonchev–Trinajstić information content (AvgIpc) is 2.81. The van der Waals surface area contributed by atoms with Gasteiger partial charge in [0.15, 0.2) is 6.61 Å². The first-order valence-corrected chi connectivity index (χ1v) is 11.0. The van der Waals surface area contributed by atoms with Gasteiger partial charge in [-0.15, -0.1) is 0 Å². The van der Waals surface area contributed by atoms with Gasteiger partial charge in [0.25, 0.3) is 11.8 Å². The first kappa shape index (κ1) is 25.4. The van der Waals surface area contributed by atoms with Crippen molar-refractivity contribution < 1.29 is 23.5 Å². The van der Waals surface area contributed by atoms with E-state index in [9.17, 15) is 18.8 Å². The Balaban J connectivity index is 1.63. The molecule has 0 fully saturated rings. The van der Waals surface area contributed by atoms with Crippen LogP contribution in [0, 0.1) is 26.6 Å². The fraction of sp³-hybridized carbons (Fsp3) is 0.222. The van der Waals surface area contributed by atoms with Gasteiger partial charge in [-0.05, 0) is 56.2 Å². The van der Waals surface area contributed by atoms with E-state index in [0.29, 0.717) is 0 Å². The standard InChI is InChI=1S/C27H28FN3O4/c1-17-13-18(2)26(19(3)14-17)30-24(32)15-31(4)27(34)20-9-5-8-12-23(20)35-16-25(33)29-22-11-7-6-10-21(22)28/h5-14H,15-16H2,1-4H3,(H,29,33)(H,30,32). The predicted octanol–water partition coefficient (Wildman–Crippen LogP) is 4.48. The lowest BCUT2D eigenvalue weighted by Crippen LogP contribution is -2.35. The van der Waals surface area contributed by atoms with Crippen molar-refractivity contribution in [1.82, 2.24) is 4.90 Å². The quantitative estimate of drug-likeness (QED) is 0.501. The SMILES string of the molecule is Cc1cc(C)c(NC(=O)CN(C)C(=O)c2ccccc2OCC(=O)Nc2ccccc2F)c(C)c1. The number of amides is 3. The molecule has 2 N–H and O–H groups in total. The lowest BCUT2D eigenvalue weighted by Gasteiger charge is -2.20. The zero-order valence-electron chi connectivity index (χ0n) is 20.1. The average molecular weight is 478 g/mol. The minimum atomic E-state index is -0.575. The van der Waals surface area contributed by atoms with Crippen LogP contribution in [0.3, 0.4) is 0 Å². The largest absolute Gasteiger partial charge is 0.483 e. The Labute approximate surface area is 203 Å². The summed E-state index contributed by atoms with van der Waals surface area (Å²) in [5.41, 5.74) is 3.95. The number of carbonyl (C=O) groups is 3. The van der Waals surface area contributed by atoms with E-state index in [-0.39, 0.29) is 29.5 Å². The zero-order valence-corrected chi connectivity index (χ0v) is 20.1. The Hall–Kier alpha value is -4.20. The van der Waals surface area contributed by atoms with Crippen LogP contribution in [0.1, 0.15) is 27.0 Å². The van der Waals surface area contributed by atoms with E-state index in [2.05, 4.69) is 10.6 Å². The molecular formula is C27H28FN3O4. The molecule has 0 atom stereocenters. The maximum atomic E-state index is 13.7. The molecule has 3 aromatic carbocycles. The van der Waals surface area contributed by atoms with Gasteiger partial charge in [-0.25, -0.2) is 4.39 Å². The van der Waals surface area contributed by atoms with E-state index in [4.69, 9.17) is 4.74 Å². The number of anilines is 2. The molecule has 35 heavy (non-hydrogen) atoms. The van der Waals surface area contributed by atoms with Crippen LogP contribution in [-0.2, 0) is 9.59 Å². The van der Waals surface area contributed by atoms with E-state index in [1.165, 1.54) is 30.1 Å². The molecule has 3 amide bonds. The van der Waals surface area contributed by atoms with Gasteiger partial charge in [0, 0.05) is 12.7 Å². The molecule has 0 radical (unpaired) electrons. The van der Waals surface area contributed by atoms with Crippen LogP contribution in [-0.4, -0.2) is 42.8 Å². The molecule has 0 bridgehead atoms. The number of carbonyl (C=O) groups excluding carboxylic acids is 3.